The minimum Gasteiger partial charge on any atom is -0.392 e. The van der Waals surface area contributed by atoms with E-state index in [-0.39, 0.29) is 12.2 Å². The SMILES string of the molecule is OC(CBr)CBr.OC(CBr)CCBr. The minimum absolute atomic E-state index is 0.181. The third-order valence-corrected chi connectivity index (χ3v) is 3.68. The van der Waals surface area contributed by atoms with Gasteiger partial charge in [0, 0.05) is 21.3 Å². The lowest BCUT2D eigenvalue weighted by Crippen LogP contribution is -2.07. The highest BCUT2D eigenvalue weighted by molar-refractivity contribution is 9.10. The van der Waals surface area contributed by atoms with Gasteiger partial charge in [0.1, 0.15) is 0 Å². The van der Waals surface area contributed by atoms with Gasteiger partial charge in [-0.2, -0.15) is 0 Å². The van der Waals surface area contributed by atoms with E-state index in [0.29, 0.717) is 16.0 Å². The standard InChI is InChI=1S/C4H8Br2O.C3H6Br2O/c5-2-1-4(7)3-6;4-1-3(6)2-5/h4,7H,1-3H2;3,6H,1-2H2. The second-order valence-electron chi connectivity index (χ2n) is 2.25. The van der Waals surface area contributed by atoms with Crippen LogP contribution in [0.1, 0.15) is 6.42 Å². The molecule has 0 aromatic rings. The summed E-state index contributed by atoms with van der Waals surface area (Å²) in [4.78, 5) is 0. The molecule has 0 heterocycles. The summed E-state index contributed by atoms with van der Waals surface area (Å²) >= 11 is 12.5. The van der Waals surface area contributed by atoms with E-state index in [1.807, 2.05) is 0 Å². The van der Waals surface area contributed by atoms with Crippen molar-refractivity contribution >= 4 is 63.7 Å². The second-order valence-corrected chi connectivity index (χ2v) is 4.98. The highest BCUT2D eigenvalue weighted by Gasteiger charge is 1.96. The van der Waals surface area contributed by atoms with Crippen molar-refractivity contribution in [3.05, 3.63) is 0 Å². The van der Waals surface area contributed by atoms with E-state index in [1.54, 1.807) is 0 Å². The highest BCUT2D eigenvalue weighted by atomic mass is 79.9. The van der Waals surface area contributed by atoms with Gasteiger partial charge in [0.05, 0.1) is 12.2 Å². The normalized spacial score (nSPS) is 12.2. The quantitative estimate of drug-likeness (QED) is 0.634. The Labute approximate surface area is 113 Å². The summed E-state index contributed by atoms with van der Waals surface area (Å²) < 4.78 is 0. The van der Waals surface area contributed by atoms with Gasteiger partial charge >= 0.3 is 0 Å². The molecule has 0 aliphatic heterocycles. The van der Waals surface area contributed by atoms with E-state index in [4.69, 9.17) is 10.2 Å². The van der Waals surface area contributed by atoms with Crippen LogP contribution in [-0.4, -0.2) is 43.7 Å². The third-order valence-electron chi connectivity index (χ3n) is 0.977. The van der Waals surface area contributed by atoms with Crippen LogP contribution >= 0.6 is 63.7 Å². The summed E-state index contributed by atoms with van der Waals surface area (Å²) in [6.07, 6.45) is 0.412. The molecule has 0 rings (SSSR count). The van der Waals surface area contributed by atoms with Gasteiger partial charge < -0.3 is 10.2 Å². The van der Waals surface area contributed by atoms with Crippen molar-refractivity contribution in [3.8, 4) is 0 Å². The Morgan fingerprint density at radius 2 is 1.15 bits per heavy atom. The molecule has 13 heavy (non-hydrogen) atoms. The highest BCUT2D eigenvalue weighted by Crippen LogP contribution is 1.97. The summed E-state index contributed by atoms with van der Waals surface area (Å²) in [6.45, 7) is 0. The maximum atomic E-state index is 8.78. The fraction of sp³-hybridized carbons (Fsp3) is 1.00. The van der Waals surface area contributed by atoms with Gasteiger partial charge in [0.15, 0.2) is 0 Å². The Kier molecular flexibility index (Phi) is 18.4. The molecule has 0 aromatic heterocycles. The lowest BCUT2D eigenvalue weighted by Gasteiger charge is -1.99. The van der Waals surface area contributed by atoms with Gasteiger partial charge in [-0.05, 0) is 6.42 Å². The van der Waals surface area contributed by atoms with Crippen LogP contribution in [0.5, 0.6) is 0 Å². The van der Waals surface area contributed by atoms with E-state index in [1.165, 1.54) is 0 Å². The Hall–Kier alpha value is 1.84. The summed E-state index contributed by atoms with van der Waals surface area (Å²) in [5.41, 5.74) is 0. The fourth-order valence-corrected chi connectivity index (χ4v) is 2.17. The maximum Gasteiger partial charge on any atom is 0.0733 e. The van der Waals surface area contributed by atoms with Gasteiger partial charge in [-0.25, -0.2) is 0 Å². The van der Waals surface area contributed by atoms with E-state index in [9.17, 15) is 0 Å². The molecular formula is C7H14Br4O2. The minimum atomic E-state index is -0.231. The van der Waals surface area contributed by atoms with Crippen molar-refractivity contribution in [2.24, 2.45) is 0 Å². The number of hydrogen-bond acceptors (Lipinski definition) is 2. The summed E-state index contributed by atoms with van der Waals surface area (Å²) in [5, 5.41) is 20.2. The van der Waals surface area contributed by atoms with E-state index in [2.05, 4.69) is 63.7 Å². The molecule has 82 valence electrons. The predicted octanol–water partition coefficient (Wildman–Crippen LogP) is 2.66. The lowest BCUT2D eigenvalue weighted by atomic mass is 10.3. The molecule has 6 heteroatoms. The van der Waals surface area contributed by atoms with Crippen LogP contribution in [0.4, 0.5) is 0 Å². The summed E-state index contributed by atoms with van der Waals surface area (Å²) in [6, 6.07) is 0. The van der Waals surface area contributed by atoms with Crippen LogP contribution < -0.4 is 0 Å². The average molecular weight is 450 g/mol. The molecule has 0 bridgehead atoms. The first-order chi connectivity index (χ1) is 6.12. The van der Waals surface area contributed by atoms with E-state index in [0.717, 1.165) is 11.8 Å². The maximum absolute atomic E-state index is 8.78. The van der Waals surface area contributed by atoms with Crippen LogP contribution in [0.15, 0.2) is 0 Å². The molecule has 0 saturated heterocycles. The number of aliphatic hydroxyl groups excluding tert-OH is 2. The molecule has 1 unspecified atom stereocenters. The van der Waals surface area contributed by atoms with Gasteiger partial charge in [0.2, 0.25) is 0 Å². The van der Waals surface area contributed by atoms with Crippen LogP contribution in [0.3, 0.4) is 0 Å². The number of aliphatic hydroxyl groups is 2. The number of hydrogen-bond donors (Lipinski definition) is 2. The Bertz CT molecular complexity index is 90.6. The first kappa shape index (κ1) is 17.2. The summed E-state index contributed by atoms with van der Waals surface area (Å²) in [5.74, 6) is 0. The number of rotatable bonds is 5. The first-order valence-corrected chi connectivity index (χ1v) is 8.20. The van der Waals surface area contributed by atoms with Crippen molar-refractivity contribution in [1.82, 2.24) is 0 Å². The molecule has 0 aliphatic carbocycles. The Morgan fingerprint density at radius 3 is 1.23 bits per heavy atom. The van der Waals surface area contributed by atoms with E-state index >= 15 is 0 Å². The van der Waals surface area contributed by atoms with E-state index < -0.39 is 0 Å². The Morgan fingerprint density at radius 1 is 0.769 bits per heavy atom. The van der Waals surface area contributed by atoms with Crippen LogP contribution in [0.2, 0.25) is 0 Å². The molecular weight excluding hydrogens is 436 g/mol. The Balaban J connectivity index is 0. The monoisotopic (exact) mass is 446 g/mol. The predicted molar refractivity (Wildman–Crippen MR) is 71.8 cm³/mol. The zero-order chi connectivity index (χ0) is 10.7. The van der Waals surface area contributed by atoms with Crippen LogP contribution in [0.25, 0.3) is 0 Å². The van der Waals surface area contributed by atoms with Crippen LogP contribution in [0, 0.1) is 0 Å². The zero-order valence-corrected chi connectivity index (χ0v) is 13.4. The van der Waals surface area contributed by atoms with Gasteiger partial charge in [-0.15, -0.1) is 0 Å². The van der Waals surface area contributed by atoms with Crippen molar-refractivity contribution in [1.29, 1.82) is 0 Å². The van der Waals surface area contributed by atoms with Crippen molar-refractivity contribution in [3.63, 3.8) is 0 Å². The molecule has 0 aliphatic rings. The molecule has 0 fully saturated rings. The molecule has 2 N–H and O–H groups in total. The van der Waals surface area contributed by atoms with Gasteiger partial charge in [-0.1, -0.05) is 63.7 Å². The largest absolute Gasteiger partial charge is 0.392 e. The molecule has 2 nitrogen and oxygen atoms in total. The molecule has 0 spiro atoms. The van der Waals surface area contributed by atoms with Crippen molar-refractivity contribution in [2.45, 2.75) is 18.6 Å². The average Bonchev–Trinajstić information content (AvgIpc) is 2.18. The second kappa shape index (κ2) is 13.8. The zero-order valence-electron chi connectivity index (χ0n) is 7.10. The van der Waals surface area contributed by atoms with Crippen LogP contribution in [-0.2, 0) is 0 Å². The number of alkyl halides is 4. The number of halogens is 4. The van der Waals surface area contributed by atoms with Crippen molar-refractivity contribution in [2.75, 3.05) is 21.3 Å². The fourth-order valence-electron chi connectivity index (χ4n) is 0.244. The third kappa shape index (κ3) is 16.5. The summed E-state index contributed by atoms with van der Waals surface area (Å²) in [7, 11) is 0. The molecule has 0 aromatic carbocycles. The molecule has 1 atom stereocenters. The molecule has 0 saturated carbocycles. The van der Waals surface area contributed by atoms with Gasteiger partial charge in [0.25, 0.3) is 0 Å². The first-order valence-electron chi connectivity index (χ1n) is 3.72. The van der Waals surface area contributed by atoms with Crippen molar-refractivity contribution < 1.29 is 10.2 Å². The molecule has 0 amide bonds. The lowest BCUT2D eigenvalue weighted by molar-refractivity contribution is 0.198. The topological polar surface area (TPSA) is 40.5 Å². The smallest absolute Gasteiger partial charge is 0.0733 e. The van der Waals surface area contributed by atoms with Gasteiger partial charge in [-0.3, -0.25) is 0 Å². The molecule has 0 radical (unpaired) electrons.